The van der Waals surface area contributed by atoms with Crippen molar-refractivity contribution < 1.29 is 9.78 Å². The molecule has 1 aliphatic rings. The maximum Gasteiger partial charge on any atom is 0.0955 e. The van der Waals surface area contributed by atoms with Gasteiger partial charge in [0.25, 0.3) is 0 Å². The molecule has 0 unspecified atom stereocenters. The van der Waals surface area contributed by atoms with Gasteiger partial charge in [-0.1, -0.05) is 32.6 Å². The van der Waals surface area contributed by atoms with Gasteiger partial charge in [-0.3, -0.25) is 0 Å². The summed E-state index contributed by atoms with van der Waals surface area (Å²) in [7, 11) is 0. The quantitative estimate of drug-likeness (QED) is 0.468. The summed E-state index contributed by atoms with van der Waals surface area (Å²) in [4.78, 5) is 10.2. The molecule has 72 valence electrons. The third-order valence-corrected chi connectivity index (χ3v) is 2.33. The molecule has 0 aromatic carbocycles. The maximum absolute atomic E-state index is 5.15. The maximum atomic E-state index is 5.15. The lowest BCUT2D eigenvalue weighted by molar-refractivity contribution is -0.294. The summed E-state index contributed by atoms with van der Waals surface area (Å²) in [6, 6.07) is 0. The molecule has 0 aromatic heterocycles. The van der Waals surface area contributed by atoms with E-state index in [0.29, 0.717) is 12.2 Å². The Morgan fingerprint density at radius 3 is 2.58 bits per heavy atom. The third-order valence-electron chi connectivity index (χ3n) is 2.33. The molecule has 0 bridgehead atoms. The smallest absolute Gasteiger partial charge is 0.0955 e. The molecule has 12 heavy (non-hydrogen) atoms. The molecular weight excluding hydrogens is 152 g/mol. The van der Waals surface area contributed by atoms with Gasteiger partial charge in [-0.05, 0) is 13.3 Å². The van der Waals surface area contributed by atoms with Gasteiger partial charge in [0.1, 0.15) is 0 Å². The predicted molar refractivity (Wildman–Crippen MR) is 48.8 cm³/mol. The molecule has 1 heterocycles. The van der Waals surface area contributed by atoms with Gasteiger partial charge in [0, 0.05) is 6.42 Å². The highest BCUT2D eigenvalue weighted by Gasteiger charge is 2.22. The number of rotatable bonds is 5. The zero-order valence-corrected chi connectivity index (χ0v) is 8.21. The highest BCUT2D eigenvalue weighted by atomic mass is 17.2. The van der Waals surface area contributed by atoms with Crippen LogP contribution in [0.1, 0.15) is 52.4 Å². The van der Waals surface area contributed by atoms with Gasteiger partial charge in [0.15, 0.2) is 0 Å². The average molecular weight is 172 g/mol. The molecule has 1 saturated heterocycles. The molecule has 1 fully saturated rings. The third kappa shape index (κ3) is 3.55. The van der Waals surface area contributed by atoms with Crippen LogP contribution >= 0.6 is 0 Å². The summed E-state index contributed by atoms with van der Waals surface area (Å²) >= 11 is 0. The summed E-state index contributed by atoms with van der Waals surface area (Å²) in [5.41, 5.74) is 0. The lowest BCUT2D eigenvalue weighted by Gasteiger charge is -2.04. The Morgan fingerprint density at radius 1 is 1.17 bits per heavy atom. The Bertz CT molecular complexity index is 114. The molecule has 0 N–H and O–H groups in total. The van der Waals surface area contributed by atoms with Gasteiger partial charge in [-0.2, -0.15) is 0 Å². The van der Waals surface area contributed by atoms with E-state index in [1.165, 1.54) is 32.1 Å². The Labute approximate surface area is 75.2 Å². The fraction of sp³-hybridized carbons (Fsp3) is 1.00. The van der Waals surface area contributed by atoms with Crippen LogP contribution in [0.4, 0.5) is 0 Å². The van der Waals surface area contributed by atoms with Crippen LogP contribution in [-0.2, 0) is 9.78 Å². The summed E-state index contributed by atoms with van der Waals surface area (Å²) in [6.45, 7) is 4.29. The molecule has 2 nitrogen and oxygen atoms in total. The fourth-order valence-electron chi connectivity index (χ4n) is 1.59. The van der Waals surface area contributed by atoms with Crippen LogP contribution in [0.2, 0.25) is 0 Å². The molecule has 1 rings (SSSR count). The van der Waals surface area contributed by atoms with Crippen molar-refractivity contribution in [2.45, 2.75) is 64.6 Å². The van der Waals surface area contributed by atoms with E-state index < -0.39 is 0 Å². The largest absolute Gasteiger partial charge is 0.233 e. The fourth-order valence-corrected chi connectivity index (χ4v) is 1.59. The second-order valence-electron chi connectivity index (χ2n) is 3.71. The van der Waals surface area contributed by atoms with E-state index >= 15 is 0 Å². The first kappa shape index (κ1) is 10.0. The van der Waals surface area contributed by atoms with Gasteiger partial charge in [0.2, 0.25) is 0 Å². The first-order valence-electron chi connectivity index (χ1n) is 5.15. The Kier molecular flexibility index (Phi) is 4.62. The molecule has 0 aromatic rings. The van der Waals surface area contributed by atoms with Crippen molar-refractivity contribution in [3.05, 3.63) is 0 Å². The standard InChI is InChI=1S/C10H20O2/c1-3-4-5-6-7-10-8-9(2)11-12-10/h9-10H,3-8H2,1-2H3/t9-,10-/m1/s1. The molecule has 0 saturated carbocycles. The van der Waals surface area contributed by atoms with Crippen molar-refractivity contribution in [3.8, 4) is 0 Å². The zero-order chi connectivity index (χ0) is 8.81. The van der Waals surface area contributed by atoms with Crippen molar-refractivity contribution in [2.75, 3.05) is 0 Å². The Hall–Kier alpha value is -0.0800. The first-order valence-corrected chi connectivity index (χ1v) is 5.15. The van der Waals surface area contributed by atoms with Crippen LogP contribution < -0.4 is 0 Å². The van der Waals surface area contributed by atoms with Crippen LogP contribution in [0, 0.1) is 0 Å². The lowest BCUT2D eigenvalue weighted by Crippen LogP contribution is -2.04. The molecule has 0 aliphatic carbocycles. The van der Waals surface area contributed by atoms with Crippen LogP contribution in [0.25, 0.3) is 0 Å². The summed E-state index contributed by atoms with van der Waals surface area (Å²) in [5, 5.41) is 0. The second-order valence-corrected chi connectivity index (χ2v) is 3.71. The second kappa shape index (κ2) is 5.55. The van der Waals surface area contributed by atoms with Gasteiger partial charge in [0.05, 0.1) is 12.2 Å². The van der Waals surface area contributed by atoms with Gasteiger partial charge >= 0.3 is 0 Å². The lowest BCUT2D eigenvalue weighted by atomic mass is 10.1. The number of unbranched alkanes of at least 4 members (excludes halogenated alkanes) is 3. The van der Waals surface area contributed by atoms with Crippen LogP contribution in [0.15, 0.2) is 0 Å². The van der Waals surface area contributed by atoms with Crippen LogP contribution in [0.5, 0.6) is 0 Å². The zero-order valence-electron chi connectivity index (χ0n) is 8.21. The minimum Gasteiger partial charge on any atom is -0.233 e. The molecular formula is C10H20O2. The van der Waals surface area contributed by atoms with Crippen molar-refractivity contribution in [1.29, 1.82) is 0 Å². The van der Waals surface area contributed by atoms with E-state index in [-0.39, 0.29) is 0 Å². The van der Waals surface area contributed by atoms with Crippen molar-refractivity contribution in [3.63, 3.8) is 0 Å². The van der Waals surface area contributed by atoms with Crippen molar-refractivity contribution in [2.24, 2.45) is 0 Å². The van der Waals surface area contributed by atoms with E-state index in [2.05, 4.69) is 13.8 Å². The van der Waals surface area contributed by atoms with E-state index in [9.17, 15) is 0 Å². The highest BCUT2D eigenvalue weighted by molar-refractivity contribution is 4.65. The molecule has 1 aliphatic heterocycles. The topological polar surface area (TPSA) is 18.5 Å². The molecule has 2 atom stereocenters. The van der Waals surface area contributed by atoms with Gasteiger partial charge < -0.3 is 0 Å². The van der Waals surface area contributed by atoms with Crippen LogP contribution in [-0.4, -0.2) is 12.2 Å². The van der Waals surface area contributed by atoms with Crippen molar-refractivity contribution >= 4 is 0 Å². The number of hydrogen-bond acceptors (Lipinski definition) is 2. The minimum atomic E-state index is 0.307. The van der Waals surface area contributed by atoms with Gasteiger partial charge in [-0.25, -0.2) is 9.78 Å². The molecule has 0 radical (unpaired) electrons. The number of hydrogen-bond donors (Lipinski definition) is 0. The predicted octanol–water partition coefficient (Wildman–Crippen LogP) is 3.07. The highest BCUT2D eigenvalue weighted by Crippen LogP contribution is 2.21. The Morgan fingerprint density at radius 2 is 2.00 bits per heavy atom. The summed E-state index contributed by atoms with van der Waals surface area (Å²) in [5.74, 6) is 0. The monoisotopic (exact) mass is 172 g/mol. The van der Waals surface area contributed by atoms with E-state index in [1.54, 1.807) is 0 Å². The van der Waals surface area contributed by atoms with Gasteiger partial charge in [-0.15, -0.1) is 0 Å². The molecule has 0 spiro atoms. The van der Waals surface area contributed by atoms with Crippen LogP contribution in [0.3, 0.4) is 0 Å². The van der Waals surface area contributed by atoms with E-state index in [0.717, 1.165) is 6.42 Å². The SMILES string of the molecule is CCCCCC[C@@H]1C[C@@H](C)OO1. The molecule has 2 heteroatoms. The van der Waals surface area contributed by atoms with E-state index in [4.69, 9.17) is 9.78 Å². The van der Waals surface area contributed by atoms with Crippen molar-refractivity contribution in [1.82, 2.24) is 0 Å². The minimum absolute atomic E-state index is 0.307. The van der Waals surface area contributed by atoms with E-state index in [1.807, 2.05) is 0 Å². The Balaban J connectivity index is 1.93. The summed E-state index contributed by atoms with van der Waals surface area (Å²) < 4.78 is 0. The molecule has 0 amide bonds. The first-order chi connectivity index (χ1) is 5.83. The average Bonchev–Trinajstić information content (AvgIpc) is 2.45. The summed E-state index contributed by atoms with van der Waals surface area (Å²) in [6.07, 6.45) is 8.20. The normalized spacial score (nSPS) is 29.5.